The van der Waals surface area contributed by atoms with E-state index in [1.165, 1.54) is 6.54 Å². The molecule has 1 fully saturated rings. The molecule has 1 N–H and O–H groups in total. The highest BCUT2D eigenvalue weighted by atomic mass is 15.4. The van der Waals surface area contributed by atoms with Crippen LogP contribution in [0.1, 0.15) is 55.9 Å². The molecule has 2 aliphatic heterocycles. The van der Waals surface area contributed by atoms with Gasteiger partial charge in [0.05, 0.1) is 6.67 Å². The van der Waals surface area contributed by atoms with Crippen LogP contribution in [0.25, 0.3) is 0 Å². The lowest BCUT2D eigenvalue weighted by Gasteiger charge is -2.55. The normalized spacial score (nSPS) is 35.2. The average molecular weight is 357 g/mol. The summed E-state index contributed by atoms with van der Waals surface area (Å²) in [6, 6.07) is 3.23. The number of benzene rings is 1. The standard InChI is InChI=1S/C22H36N4/c1-14-9-26-13-25(17(14)4)10-18-8-19-16(3)22(5,11-24(7)12-23-6)20(19)15(2)21(18)26/h8,14,16-17,23H,9-13H2,1-7H3. The second-order valence-electron chi connectivity index (χ2n) is 9.47. The third kappa shape index (κ3) is 2.45. The van der Waals surface area contributed by atoms with E-state index in [0.29, 0.717) is 12.0 Å². The maximum absolute atomic E-state index is 3.29. The summed E-state index contributed by atoms with van der Waals surface area (Å²) in [6.07, 6.45) is 0. The Labute approximate surface area is 159 Å². The van der Waals surface area contributed by atoms with Gasteiger partial charge in [-0.2, -0.15) is 0 Å². The van der Waals surface area contributed by atoms with Gasteiger partial charge < -0.3 is 10.2 Å². The zero-order valence-corrected chi connectivity index (χ0v) is 17.7. The Morgan fingerprint density at radius 3 is 2.73 bits per heavy atom. The summed E-state index contributed by atoms with van der Waals surface area (Å²) < 4.78 is 0. The Morgan fingerprint density at radius 1 is 1.31 bits per heavy atom. The number of nitrogens with one attached hydrogen (secondary N) is 1. The van der Waals surface area contributed by atoms with E-state index in [4.69, 9.17) is 0 Å². The summed E-state index contributed by atoms with van der Waals surface area (Å²) in [5.41, 5.74) is 8.15. The summed E-state index contributed by atoms with van der Waals surface area (Å²) in [5, 5.41) is 3.29. The molecule has 1 aromatic rings. The Morgan fingerprint density at radius 2 is 2.04 bits per heavy atom. The number of rotatable bonds is 4. The van der Waals surface area contributed by atoms with Crippen molar-refractivity contribution in [2.24, 2.45) is 5.92 Å². The lowest BCUT2D eigenvalue weighted by molar-refractivity contribution is 0.111. The molecule has 1 aliphatic carbocycles. The van der Waals surface area contributed by atoms with Gasteiger partial charge in [-0.25, -0.2) is 0 Å². The van der Waals surface area contributed by atoms with Crippen molar-refractivity contribution >= 4 is 5.69 Å². The second-order valence-corrected chi connectivity index (χ2v) is 9.47. The van der Waals surface area contributed by atoms with Gasteiger partial charge in [0.25, 0.3) is 0 Å². The van der Waals surface area contributed by atoms with Crippen LogP contribution in [0.3, 0.4) is 0 Å². The largest absolute Gasteiger partial charge is 0.358 e. The maximum Gasteiger partial charge on any atom is 0.0712 e. The monoisotopic (exact) mass is 356 g/mol. The van der Waals surface area contributed by atoms with Crippen molar-refractivity contribution in [3.63, 3.8) is 0 Å². The molecule has 0 spiro atoms. The first-order valence-corrected chi connectivity index (χ1v) is 10.3. The van der Waals surface area contributed by atoms with Gasteiger partial charge in [-0.05, 0) is 62.0 Å². The van der Waals surface area contributed by atoms with E-state index < -0.39 is 0 Å². The van der Waals surface area contributed by atoms with Crippen LogP contribution in [0.4, 0.5) is 5.69 Å². The predicted octanol–water partition coefficient (Wildman–Crippen LogP) is 3.10. The van der Waals surface area contributed by atoms with E-state index in [2.05, 4.69) is 67.7 Å². The minimum absolute atomic E-state index is 0.256. The van der Waals surface area contributed by atoms with Gasteiger partial charge in [-0.1, -0.05) is 26.8 Å². The third-order valence-electron chi connectivity index (χ3n) is 7.62. The van der Waals surface area contributed by atoms with E-state index in [0.717, 1.165) is 32.3 Å². The number of hydrogen-bond acceptors (Lipinski definition) is 4. The molecule has 2 heterocycles. The maximum atomic E-state index is 3.29. The molecule has 4 nitrogen and oxygen atoms in total. The molecule has 5 atom stereocenters. The number of likely N-dealkylation sites (N-methyl/N-ethyl adjacent to an activating group) is 1. The minimum atomic E-state index is 0.256. The summed E-state index contributed by atoms with van der Waals surface area (Å²) in [4.78, 5) is 7.73. The molecule has 4 heteroatoms. The van der Waals surface area contributed by atoms with Crippen molar-refractivity contribution < 1.29 is 0 Å². The Hall–Kier alpha value is -1.10. The van der Waals surface area contributed by atoms with Crippen LogP contribution in [-0.2, 0) is 12.0 Å². The number of anilines is 1. The van der Waals surface area contributed by atoms with E-state index in [9.17, 15) is 0 Å². The first-order valence-electron chi connectivity index (χ1n) is 10.3. The molecule has 0 radical (unpaired) electrons. The minimum Gasteiger partial charge on any atom is -0.358 e. The van der Waals surface area contributed by atoms with E-state index in [1.807, 2.05) is 7.05 Å². The van der Waals surface area contributed by atoms with Gasteiger partial charge in [0.1, 0.15) is 0 Å². The summed E-state index contributed by atoms with van der Waals surface area (Å²) in [5.74, 6) is 1.36. The highest BCUT2D eigenvalue weighted by Crippen LogP contribution is 2.56. The van der Waals surface area contributed by atoms with Crippen LogP contribution in [0.2, 0.25) is 0 Å². The smallest absolute Gasteiger partial charge is 0.0712 e. The SMILES string of the molecule is CNCN(C)CC1(C)c2c(cc3c(c2C)N2CC(C)C(C)N(C3)C2)C1C. The second kappa shape index (κ2) is 6.22. The lowest BCUT2D eigenvalue weighted by atomic mass is 9.55. The van der Waals surface area contributed by atoms with Gasteiger partial charge in [0.15, 0.2) is 0 Å². The van der Waals surface area contributed by atoms with Crippen LogP contribution in [0.5, 0.6) is 0 Å². The van der Waals surface area contributed by atoms with Crippen LogP contribution in [0, 0.1) is 12.8 Å². The van der Waals surface area contributed by atoms with Crippen LogP contribution in [0.15, 0.2) is 6.07 Å². The van der Waals surface area contributed by atoms with Crippen molar-refractivity contribution in [1.82, 2.24) is 15.1 Å². The van der Waals surface area contributed by atoms with Crippen LogP contribution in [-0.4, -0.2) is 56.4 Å². The Kier molecular flexibility index (Phi) is 4.37. The fourth-order valence-corrected chi connectivity index (χ4v) is 5.99. The van der Waals surface area contributed by atoms with Gasteiger partial charge in [0, 0.05) is 43.4 Å². The molecule has 144 valence electrons. The molecule has 0 amide bonds. The topological polar surface area (TPSA) is 21.8 Å². The number of hydrogen-bond donors (Lipinski definition) is 1. The van der Waals surface area contributed by atoms with E-state index in [1.54, 1.807) is 27.9 Å². The highest BCUT2D eigenvalue weighted by molar-refractivity contribution is 5.70. The fourth-order valence-electron chi connectivity index (χ4n) is 5.99. The molecule has 4 rings (SSSR count). The first-order chi connectivity index (χ1) is 12.3. The van der Waals surface area contributed by atoms with Gasteiger partial charge in [0.2, 0.25) is 0 Å². The summed E-state index contributed by atoms with van der Waals surface area (Å²) in [7, 11) is 4.26. The van der Waals surface area contributed by atoms with Crippen LogP contribution >= 0.6 is 0 Å². The average Bonchev–Trinajstić information content (AvgIpc) is 2.58. The highest BCUT2D eigenvalue weighted by Gasteiger charge is 2.49. The van der Waals surface area contributed by atoms with E-state index in [-0.39, 0.29) is 5.41 Å². The Bertz CT molecular complexity index is 715. The van der Waals surface area contributed by atoms with Crippen LogP contribution < -0.4 is 10.2 Å². The molecule has 26 heavy (non-hydrogen) atoms. The van der Waals surface area contributed by atoms with Crippen molar-refractivity contribution in [2.75, 3.05) is 45.4 Å². The quantitative estimate of drug-likeness (QED) is 0.837. The van der Waals surface area contributed by atoms with E-state index >= 15 is 0 Å². The van der Waals surface area contributed by atoms with Gasteiger partial charge >= 0.3 is 0 Å². The zero-order chi connectivity index (χ0) is 18.8. The van der Waals surface area contributed by atoms with Crippen molar-refractivity contribution in [1.29, 1.82) is 0 Å². The third-order valence-corrected chi connectivity index (χ3v) is 7.62. The van der Waals surface area contributed by atoms with Crippen molar-refractivity contribution in [3.05, 3.63) is 28.3 Å². The fraction of sp³-hybridized carbons (Fsp3) is 0.727. The van der Waals surface area contributed by atoms with Gasteiger partial charge in [-0.3, -0.25) is 9.80 Å². The predicted molar refractivity (Wildman–Crippen MR) is 110 cm³/mol. The molecule has 1 aromatic carbocycles. The zero-order valence-electron chi connectivity index (χ0n) is 17.7. The molecule has 0 aromatic heterocycles. The molecular formula is C22H36N4. The number of fused-ring (bicyclic) bond motifs is 5. The lowest BCUT2D eigenvalue weighted by Crippen LogP contribution is -2.57. The van der Waals surface area contributed by atoms with Crippen molar-refractivity contribution in [3.8, 4) is 0 Å². The van der Waals surface area contributed by atoms with Crippen molar-refractivity contribution in [2.45, 2.75) is 58.5 Å². The Balaban J connectivity index is 1.74. The molecule has 3 aliphatic rings. The molecule has 5 unspecified atom stereocenters. The first kappa shape index (κ1) is 18.3. The summed E-state index contributed by atoms with van der Waals surface area (Å²) >= 11 is 0. The molecular weight excluding hydrogens is 320 g/mol. The van der Waals surface area contributed by atoms with Gasteiger partial charge in [-0.15, -0.1) is 0 Å². The number of nitrogens with zero attached hydrogens (tertiary/aromatic N) is 3. The molecule has 0 saturated carbocycles. The molecule has 1 saturated heterocycles. The summed E-state index contributed by atoms with van der Waals surface area (Å²) in [6.45, 7) is 17.6. The molecule has 2 bridgehead atoms.